The molecule has 2 fully saturated rings. The van der Waals surface area contributed by atoms with Gasteiger partial charge in [0.05, 0.1) is 0 Å². The molecule has 4 heteroatoms. The highest BCUT2D eigenvalue weighted by Gasteiger charge is 2.58. The van der Waals surface area contributed by atoms with Crippen molar-refractivity contribution in [3.63, 3.8) is 0 Å². The lowest BCUT2D eigenvalue weighted by molar-refractivity contribution is -0.147. The van der Waals surface area contributed by atoms with Gasteiger partial charge in [-0.1, -0.05) is 0 Å². The fourth-order valence-corrected chi connectivity index (χ4v) is 1.95. The number of rotatable bonds is 1. The maximum atomic E-state index is 11.3. The number of carboxylic acids is 1. The summed E-state index contributed by atoms with van der Waals surface area (Å²) in [4.78, 5) is 23.6. The number of hydrogen-bond donors (Lipinski definition) is 1. The first-order chi connectivity index (χ1) is 5.57. The number of amides is 1. The normalized spacial score (nSPS) is 31.2. The van der Waals surface area contributed by atoms with Crippen molar-refractivity contribution < 1.29 is 14.7 Å². The number of carboxylic acid groups (broad SMARTS) is 1. The first kappa shape index (κ1) is 7.58. The van der Waals surface area contributed by atoms with Crippen LogP contribution in [0, 0.1) is 5.92 Å². The second-order valence-corrected chi connectivity index (χ2v) is 3.72. The summed E-state index contributed by atoms with van der Waals surface area (Å²) >= 11 is 0. The zero-order chi connectivity index (χ0) is 8.93. The van der Waals surface area contributed by atoms with Gasteiger partial charge < -0.3 is 10.0 Å². The van der Waals surface area contributed by atoms with Crippen molar-refractivity contribution in [2.75, 3.05) is 7.05 Å². The quantitative estimate of drug-likeness (QED) is 0.565. The molecule has 66 valence electrons. The third-order valence-electron chi connectivity index (χ3n) is 3.05. The molecule has 2 aliphatic rings. The zero-order valence-corrected chi connectivity index (χ0v) is 6.91. The summed E-state index contributed by atoms with van der Waals surface area (Å²) in [6.07, 6.45) is 2.45. The second-order valence-electron chi connectivity index (χ2n) is 3.72. The maximum absolute atomic E-state index is 11.3. The molecule has 0 aromatic heterocycles. The van der Waals surface area contributed by atoms with E-state index in [0.29, 0.717) is 6.42 Å². The van der Waals surface area contributed by atoms with Crippen LogP contribution in [0.4, 0.5) is 0 Å². The topological polar surface area (TPSA) is 57.6 Å². The highest BCUT2D eigenvalue weighted by molar-refractivity contribution is 5.99. The molecule has 0 aromatic carbocycles. The Balaban J connectivity index is 2.22. The molecule has 4 nitrogen and oxygen atoms in total. The summed E-state index contributed by atoms with van der Waals surface area (Å²) in [6.45, 7) is 0. The number of aliphatic carboxylic acids is 1. The van der Waals surface area contributed by atoms with Crippen LogP contribution in [-0.2, 0) is 9.59 Å². The summed E-state index contributed by atoms with van der Waals surface area (Å²) in [5.74, 6) is -1.98. The minimum atomic E-state index is -0.976. The van der Waals surface area contributed by atoms with E-state index in [2.05, 4.69) is 0 Å². The lowest BCUT2D eigenvalue weighted by Crippen LogP contribution is -2.31. The van der Waals surface area contributed by atoms with Crippen LogP contribution in [0.5, 0.6) is 0 Å². The summed E-state index contributed by atoms with van der Waals surface area (Å²) in [5, 5.41) is 8.71. The van der Waals surface area contributed by atoms with E-state index in [1.54, 1.807) is 11.9 Å². The number of hydrogen-bond acceptors (Lipinski definition) is 2. The van der Waals surface area contributed by atoms with Gasteiger partial charge >= 0.3 is 5.97 Å². The predicted octanol–water partition coefficient (Wildman–Crippen LogP) is 0.0819. The van der Waals surface area contributed by atoms with Crippen molar-refractivity contribution in [3.05, 3.63) is 0 Å². The van der Waals surface area contributed by atoms with Crippen LogP contribution in [0.25, 0.3) is 0 Å². The fraction of sp³-hybridized carbons (Fsp3) is 0.750. The maximum Gasteiger partial charge on any atom is 0.316 e. The largest absolute Gasteiger partial charge is 0.481 e. The van der Waals surface area contributed by atoms with E-state index in [1.807, 2.05) is 0 Å². The minimum absolute atomic E-state index is 0.0693. The zero-order valence-electron chi connectivity index (χ0n) is 6.91. The van der Waals surface area contributed by atoms with Crippen LogP contribution in [0.1, 0.15) is 19.3 Å². The van der Waals surface area contributed by atoms with Gasteiger partial charge in [0.15, 0.2) is 0 Å². The molecule has 1 saturated heterocycles. The number of carbonyl (C=O) groups is 2. The standard InChI is InChI=1S/C8H11NO3/c1-9-6(10)5(7(11)12)4-8(9)2-3-8/h5H,2-4H2,1H3,(H,11,12). The lowest BCUT2D eigenvalue weighted by Gasteiger charge is -2.17. The monoisotopic (exact) mass is 169 g/mol. The van der Waals surface area contributed by atoms with Gasteiger partial charge in [-0.2, -0.15) is 0 Å². The van der Waals surface area contributed by atoms with Crippen LogP contribution < -0.4 is 0 Å². The molecule has 0 bridgehead atoms. The van der Waals surface area contributed by atoms with Crippen LogP contribution in [0.2, 0.25) is 0 Å². The first-order valence-corrected chi connectivity index (χ1v) is 4.07. The van der Waals surface area contributed by atoms with E-state index >= 15 is 0 Å². The van der Waals surface area contributed by atoms with Crippen LogP contribution in [-0.4, -0.2) is 34.5 Å². The first-order valence-electron chi connectivity index (χ1n) is 4.07. The van der Waals surface area contributed by atoms with Crippen molar-refractivity contribution in [3.8, 4) is 0 Å². The highest BCUT2D eigenvalue weighted by Crippen LogP contribution is 2.50. The van der Waals surface area contributed by atoms with Crippen LogP contribution in [0.15, 0.2) is 0 Å². The van der Waals surface area contributed by atoms with Gasteiger partial charge in [-0.15, -0.1) is 0 Å². The molecule has 1 aliphatic carbocycles. The van der Waals surface area contributed by atoms with Gasteiger partial charge in [-0.25, -0.2) is 0 Å². The van der Waals surface area contributed by atoms with E-state index in [1.165, 1.54) is 0 Å². The Morgan fingerprint density at radius 1 is 1.67 bits per heavy atom. The van der Waals surface area contributed by atoms with Gasteiger partial charge in [0.2, 0.25) is 5.91 Å². The molecule has 12 heavy (non-hydrogen) atoms. The second kappa shape index (κ2) is 2.00. The van der Waals surface area contributed by atoms with Crippen LogP contribution >= 0.6 is 0 Å². The van der Waals surface area contributed by atoms with Gasteiger partial charge in [0.1, 0.15) is 5.92 Å². The molecular weight excluding hydrogens is 158 g/mol. The lowest BCUT2D eigenvalue weighted by atomic mass is 10.0. The van der Waals surface area contributed by atoms with Gasteiger partial charge in [0, 0.05) is 12.6 Å². The molecular formula is C8H11NO3. The minimum Gasteiger partial charge on any atom is -0.481 e. The third kappa shape index (κ3) is 0.777. The average molecular weight is 169 g/mol. The molecule has 2 rings (SSSR count). The Bertz CT molecular complexity index is 257. The Morgan fingerprint density at radius 2 is 2.25 bits per heavy atom. The number of likely N-dealkylation sites (tertiary alicyclic amines) is 1. The number of carbonyl (C=O) groups excluding carboxylic acids is 1. The molecule has 1 saturated carbocycles. The van der Waals surface area contributed by atoms with Gasteiger partial charge in [-0.3, -0.25) is 9.59 Å². The Morgan fingerprint density at radius 3 is 2.50 bits per heavy atom. The molecule has 1 aliphatic heterocycles. The molecule has 1 atom stereocenters. The molecule has 1 spiro atoms. The average Bonchev–Trinajstić information content (AvgIpc) is 2.73. The molecule has 1 unspecified atom stereocenters. The molecule has 1 amide bonds. The summed E-state index contributed by atoms with van der Waals surface area (Å²) in [6, 6.07) is 0. The van der Waals surface area contributed by atoms with Gasteiger partial charge in [-0.05, 0) is 19.3 Å². The fourth-order valence-electron chi connectivity index (χ4n) is 1.95. The molecule has 1 heterocycles. The van der Waals surface area contributed by atoms with E-state index in [9.17, 15) is 9.59 Å². The Kier molecular flexibility index (Phi) is 1.26. The summed E-state index contributed by atoms with van der Waals surface area (Å²) in [5.41, 5.74) is -0.0693. The summed E-state index contributed by atoms with van der Waals surface area (Å²) < 4.78 is 0. The van der Waals surface area contributed by atoms with E-state index in [-0.39, 0.29) is 11.4 Å². The van der Waals surface area contributed by atoms with Crippen molar-refractivity contribution in [2.24, 2.45) is 5.92 Å². The molecule has 0 aromatic rings. The van der Waals surface area contributed by atoms with Crippen LogP contribution in [0.3, 0.4) is 0 Å². The van der Waals surface area contributed by atoms with E-state index < -0.39 is 11.9 Å². The predicted molar refractivity (Wildman–Crippen MR) is 40.5 cm³/mol. The van der Waals surface area contributed by atoms with Crippen molar-refractivity contribution in [2.45, 2.75) is 24.8 Å². The highest BCUT2D eigenvalue weighted by atomic mass is 16.4. The number of nitrogens with zero attached hydrogens (tertiary/aromatic N) is 1. The van der Waals surface area contributed by atoms with Gasteiger partial charge in [0.25, 0.3) is 0 Å². The van der Waals surface area contributed by atoms with Crippen molar-refractivity contribution >= 4 is 11.9 Å². The smallest absolute Gasteiger partial charge is 0.316 e. The molecule has 1 N–H and O–H groups in total. The van der Waals surface area contributed by atoms with Crippen molar-refractivity contribution in [1.82, 2.24) is 4.90 Å². The summed E-state index contributed by atoms with van der Waals surface area (Å²) in [7, 11) is 1.71. The third-order valence-corrected chi connectivity index (χ3v) is 3.05. The Labute approximate surface area is 70.2 Å². The molecule has 0 radical (unpaired) electrons. The van der Waals surface area contributed by atoms with Crippen molar-refractivity contribution in [1.29, 1.82) is 0 Å². The SMILES string of the molecule is CN1C(=O)C(C(=O)O)CC12CC2. The Hall–Kier alpha value is -1.06. The van der Waals surface area contributed by atoms with E-state index in [0.717, 1.165) is 12.8 Å². The van der Waals surface area contributed by atoms with E-state index in [4.69, 9.17) is 5.11 Å².